The van der Waals surface area contributed by atoms with Gasteiger partial charge in [-0.05, 0) is 18.2 Å². The van der Waals surface area contributed by atoms with Crippen LogP contribution in [0.1, 0.15) is 15.9 Å². The highest BCUT2D eigenvalue weighted by atomic mass is 32.2. The zero-order valence-corrected chi connectivity index (χ0v) is 18.8. The van der Waals surface area contributed by atoms with Crippen LogP contribution in [0.2, 0.25) is 0 Å². The van der Waals surface area contributed by atoms with Crippen LogP contribution in [-0.4, -0.2) is 65.0 Å². The Kier molecular flexibility index (Phi) is 7.47. The maximum absolute atomic E-state index is 11.6. The smallest absolute Gasteiger partial charge is 0.430 e. The molecular weight excluding hydrogens is 493 g/mol. The average molecular weight is 514 g/mol. The van der Waals surface area contributed by atoms with Crippen LogP contribution in [0.5, 0.6) is 0 Å². The summed E-state index contributed by atoms with van der Waals surface area (Å²) in [6.07, 6.45) is -4.18. The van der Waals surface area contributed by atoms with E-state index in [0.29, 0.717) is 17.6 Å². The van der Waals surface area contributed by atoms with Crippen LogP contribution >= 0.6 is 0 Å². The van der Waals surface area contributed by atoms with Crippen molar-refractivity contribution in [2.24, 2.45) is 5.73 Å². The van der Waals surface area contributed by atoms with E-state index >= 15 is 0 Å². The van der Waals surface area contributed by atoms with Crippen molar-refractivity contribution >= 4 is 32.6 Å². The van der Waals surface area contributed by atoms with Gasteiger partial charge in [-0.3, -0.25) is 4.79 Å². The molecule has 5 N–H and O–H groups in total. The number of amides is 1. The number of nitrogens with two attached hydrogens (primary N) is 2. The third kappa shape index (κ3) is 6.55. The number of alkyl halides is 3. The predicted molar refractivity (Wildman–Crippen MR) is 115 cm³/mol. The lowest BCUT2D eigenvalue weighted by atomic mass is 10.1. The second-order valence-corrected chi connectivity index (χ2v) is 10.0. The number of aliphatic hydroxyl groups excluding tert-OH is 1. The minimum Gasteiger partial charge on any atom is -0.542 e. The molecular formula is C21H21F3N4O6S. The number of carbonyl (C=O) groups is 2. The van der Waals surface area contributed by atoms with Crippen molar-refractivity contribution in [2.75, 3.05) is 11.5 Å². The number of hydrogen-bond donors (Lipinski definition) is 3. The predicted octanol–water partition coefficient (Wildman–Crippen LogP) is -1.36. The van der Waals surface area contributed by atoms with Gasteiger partial charge in [0.2, 0.25) is 0 Å². The number of fused-ring (bicyclic) bond motifs is 1. The first-order valence-corrected chi connectivity index (χ1v) is 12.0. The molecule has 14 heteroatoms. The molecule has 1 amide bonds. The summed E-state index contributed by atoms with van der Waals surface area (Å²) >= 11 is 0. The molecule has 3 aromatic rings. The van der Waals surface area contributed by atoms with Crippen LogP contribution in [0.25, 0.3) is 16.6 Å². The summed E-state index contributed by atoms with van der Waals surface area (Å²) in [5.74, 6) is -3.67. The van der Waals surface area contributed by atoms with E-state index in [0.717, 1.165) is 16.6 Å². The van der Waals surface area contributed by atoms with Crippen molar-refractivity contribution in [1.82, 2.24) is 9.78 Å². The zero-order valence-electron chi connectivity index (χ0n) is 18.0. The van der Waals surface area contributed by atoms with Gasteiger partial charge in [0.1, 0.15) is 35.9 Å². The number of quaternary nitrogens is 1. The van der Waals surface area contributed by atoms with E-state index in [2.05, 4.69) is 5.10 Å². The molecule has 1 fully saturated rings. The average Bonchev–Trinajstić information content (AvgIpc) is 3.31. The number of rotatable bonds is 5. The molecule has 0 spiro atoms. The molecule has 1 aromatic heterocycles. The Hall–Kier alpha value is -3.49. The lowest BCUT2D eigenvalue weighted by Gasteiger charge is -2.11. The quantitative estimate of drug-likeness (QED) is 0.377. The number of carboxylic acid groups (broad SMARTS) is 1. The van der Waals surface area contributed by atoms with Crippen LogP contribution in [0.3, 0.4) is 0 Å². The largest absolute Gasteiger partial charge is 0.542 e. The third-order valence-corrected chi connectivity index (χ3v) is 7.00. The summed E-state index contributed by atoms with van der Waals surface area (Å²) in [5.41, 5.74) is 8.19. The van der Waals surface area contributed by atoms with Gasteiger partial charge in [0.05, 0.1) is 17.0 Å². The maximum Gasteiger partial charge on any atom is 0.430 e. The third-order valence-electron chi connectivity index (χ3n) is 5.26. The van der Waals surface area contributed by atoms with Crippen LogP contribution in [0.15, 0.2) is 48.7 Å². The van der Waals surface area contributed by atoms with Crippen molar-refractivity contribution in [2.45, 2.75) is 24.9 Å². The van der Waals surface area contributed by atoms with E-state index in [1.807, 2.05) is 41.8 Å². The number of aromatic nitrogens is 2. The highest BCUT2D eigenvalue weighted by Gasteiger charge is 2.39. The summed E-state index contributed by atoms with van der Waals surface area (Å²) in [6.45, 7) is 0.574. The van der Waals surface area contributed by atoms with Gasteiger partial charge >= 0.3 is 6.18 Å². The number of carboxylic acids is 1. The summed E-state index contributed by atoms with van der Waals surface area (Å²) in [6, 6.07) is 12.6. The molecule has 10 nitrogen and oxygen atoms in total. The molecule has 188 valence electrons. The van der Waals surface area contributed by atoms with E-state index in [1.54, 1.807) is 16.8 Å². The minimum atomic E-state index is -5.19. The van der Waals surface area contributed by atoms with E-state index in [1.165, 1.54) is 0 Å². The van der Waals surface area contributed by atoms with Crippen LogP contribution in [0.4, 0.5) is 13.2 Å². The van der Waals surface area contributed by atoms with Crippen LogP contribution < -0.4 is 16.2 Å². The maximum atomic E-state index is 11.6. The molecule has 35 heavy (non-hydrogen) atoms. The van der Waals surface area contributed by atoms with Crippen molar-refractivity contribution in [3.05, 3.63) is 59.8 Å². The number of aliphatic hydroxyl groups is 1. The fourth-order valence-corrected chi connectivity index (χ4v) is 5.38. The molecule has 0 aliphatic carbocycles. The Morgan fingerprint density at radius 3 is 2.31 bits per heavy atom. The number of carbonyl (C=O) groups excluding carboxylic acids is 2. The number of hydrogen-bond acceptors (Lipinski definition) is 7. The minimum absolute atomic E-state index is 0.00826. The van der Waals surface area contributed by atoms with Gasteiger partial charge in [-0.25, -0.2) is 13.1 Å². The van der Waals surface area contributed by atoms with Gasteiger partial charge in [-0.1, -0.05) is 24.3 Å². The number of nitrogens with zero attached hydrogens (tertiary/aromatic N) is 2. The summed E-state index contributed by atoms with van der Waals surface area (Å²) < 4.78 is 56.4. The summed E-state index contributed by atoms with van der Waals surface area (Å²) in [4.78, 5) is 20.3. The molecule has 0 radical (unpaired) electrons. The molecule has 1 aliphatic rings. The second kappa shape index (κ2) is 10.0. The Morgan fingerprint density at radius 2 is 1.80 bits per heavy atom. The Balaban J connectivity index is 0.000000429. The molecule has 1 saturated heterocycles. The molecule has 2 atom stereocenters. The zero-order chi connectivity index (χ0) is 26.0. The van der Waals surface area contributed by atoms with E-state index in [9.17, 15) is 31.5 Å². The van der Waals surface area contributed by atoms with Crippen molar-refractivity contribution in [3.63, 3.8) is 0 Å². The number of aliphatic carboxylic acids is 1. The molecule has 0 saturated carbocycles. The van der Waals surface area contributed by atoms with Crippen molar-refractivity contribution in [3.8, 4) is 5.69 Å². The number of benzene rings is 2. The van der Waals surface area contributed by atoms with E-state index in [4.69, 9.17) is 15.6 Å². The summed E-state index contributed by atoms with van der Waals surface area (Å²) in [7, 11) is -3.14. The SMILES string of the molecule is NC(=O)c1cccc2cn(-c3ccc(C[NH2+][C@@H]4CS(=O)(=O)C[C@H]4O)cc3)nc12.O=C([O-])C(F)(F)F. The Labute approximate surface area is 197 Å². The van der Waals surface area contributed by atoms with Gasteiger partial charge in [-0.2, -0.15) is 18.3 Å². The Bertz CT molecular complexity index is 1340. The van der Waals surface area contributed by atoms with E-state index < -0.39 is 34.0 Å². The fraction of sp³-hybridized carbons (Fsp3) is 0.286. The highest BCUT2D eigenvalue weighted by molar-refractivity contribution is 7.91. The lowest BCUT2D eigenvalue weighted by molar-refractivity contribution is -0.705. The summed E-state index contributed by atoms with van der Waals surface area (Å²) in [5, 5.41) is 25.8. The van der Waals surface area contributed by atoms with Gasteiger partial charge < -0.3 is 26.1 Å². The first kappa shape index (κ1) is 26.1. The number of sulfone groups is 1. The van der Waals surface area contributed by atoms with Gasteiger partial charge in [0.25, 0.3) is 5.91 Å². The Morgan fingerprint density at radius 1 is 1.17 bits per heavy atom. The first-order chi connectivity index (χ1) is 16.3. The van der Waals surface area contributed by atoms with E-state index in [-0.39, 0.29) is 17.5 Å². The van der Waals surface area contributed by atoms with Gasteiger partial charge in [-0.15, -0.1) is 0 Å². The molecule has 2 heterocycles. The lowest BCUT2D eigenvalue weighted by Crippen LogP contribution is -2.91. The first-order valence-electron chi connectivity index (χ1n) is 10.1. The number of halogens is 3. The number of primary amides is 1. The molecule has 1 aliphatic heterocycles. The fourth-order valence-electron chi connectivity index (χ4n) is 3.53. The standard InChI is InChI=1S/C19H20N4O4S.C2HF3O2/c20-19(25)15-3-1-2-13-9-23(22-18(13)15)14-6-4-12(5-7-14)8-21-16-10-28(26,27)11-17(16)24;3-2(4,5)1(6)7/h1-7,9,16-17,21,24H,8,10-11H2,(H2,20,25);(H,6,7)/t16-,17-;/m1./s1. The monoisotopic (exact) mass is 514 g/mol. The molecule has 2 aromatic carbocycles. The molecule has 0 bridgehead atoms. The second-order valence-electron chi connectivity index (χ2n) is 7.88. The van der Waals surface area contributed by atoms with Crippen molar-refractivity contribution in [1.29, 1.82) is 0 Å². The van der Waals surface area contributed by atoms with Gasteiger partial charge in [0.15, 0.2) is 9.84 Å². The normalized spacial score (nSPS) is 19.2. The molecule has 0 unspecified atom stereocenters. The van der Waals surface area contributed by atoms with Crippen molar-refractivity contribution < 1.29 is 46.7 Å². The van der Waals surface area contributed by atoms with Crippen LogP contribution in [-0.2, 0) is 21.2 Å². The molecule has 4 rings (SSSR count). The van der Waals surface area contributed by atoms with Crippen LogP contribution in [0, 0.1) is 0 Å². The van der Waals surface area contributed by atoms with Gasteiger partial charge in [0, 0.05) is 17.1 Å². The topological polar surface area (TPSA) is 172 Å². The highest BCUT2D eigenvalue weighted by Crippen LogP contribution is 2.19.